The fraction of sp³-hybridized carbons (Fsp3) is 0.769. The fourth-order valence-corrected chi connectivity index (χ4v) is 2.97. The van der Waals surface area contributed by atoms with Crippen molar-refractivity contribution in [3.05, 3.63) is 15.9 Å². The summed E-state index contributed by atoms with van der Waals surface area (Å²) in [5.74, 6) is 0.502. The van der Waals surface area contributed by atoms with E-state index < -0.39 is 0 Å². The zero-order chi connectivity index (χ0) is 13.1. The predicted molar refractivity (Wildman–Crippen MR) is 75.4 cm³/mol. The van der Waals surface area contributed by atoms with Crippen molar-refractivity contribution in [2.45, 2.75) is 39.8 Å². The highest BCUT2D eigenvalue weighted by Gasteiger charge is 2.21. The Morgan fingerprint density at radius 3 is 2.61 bits per heavy atom. The predicted octanol–water partition coefficient (Wildman–Crippen LogP) is 2.18. The number of nitrogens with zero attached hydrogens (tertiary/aromatic N) is 3. The molecule has 18 heavy (non-hydrogen) atoms. The molecular weight excluding hydrogens is 294 g/mol. The van der Waals surface area contributed by atoms with E-state index in [-0.39, 0.29) is 0 Å². The number of piperidine rings is 1. The maximum Gasteiger partial charge on any atom is 0.0739 e. The molecule has 0 aliphatic carbocycles. The van der Waals surface area contributed by atoms with E-state index in [1.807, 2.05) is 6.92 Å². The molecule has 0 bridgehead atoms. The lowest BCUT2D eigenvalue weighted by molar-refractivity contribution is 0.125. The second-order valence-electron chi connectivity index (χ2n) is 5.06. The van der Waals surface area contributed by atoms with Gasteiger partial charge >= 0.3 is 0 Å². The second-order valence-corrected chi connectivity index (χ2v) is 5.86. The van der Waals surface area contributed by atoms with Crippen molar-refractivity contribution < 1.29 is 5.11 Å². The minimum absolute atomic E-state index is 0.337. The third-order valence-electron chi connectivity index (χ3n) is 3.79. The molecule has 0 atom stereocenters. The van der Waals surface area contributed by atoms with Gasteiger partial charge in [0.1, 0.15) is 0 Å². The SMILES string of the molecule is CCn1nc(C)c(Br)c1CN1CCC(CO)CC1. The van der Waals surface area contributed by atoms with Gasteiger partial charge in [0, 0.05) is 19.7 Å². The summed E-state index contributed by atoms with van der Waals surface area (Å²) in [6, 6.07) is 0. The molecule has 0 unspecified atom stereocenters. The van der Waals surface area contributed by atoms with Gasteiger partial charge in [-0.25, -0.2) is 0 Å². The number of hydrogen-bond acceptors (Lipinski definition) is 3. The maximum atomic E-state index is 9.16. The molecule has 0 spiro atoms. The van der Waals surface area contributed by atoms with E-state index in [1.54, 1.807) is 0 Å². The monoisotopic (exact) mass is 315 g/mol. The molecule has 2 heterocycles. The Morgan fingerprint density at radius 1 is 1.39 bits per heavy atom. The van der Waals surface area contributed by atoms with Crippen molar-refractivity contribution in [2.24, 2.45) is 5.92 Å². The third kappa shape index (κ3) is 2.95. The summed E-state index contributed by atoms with van der Waals surface area (Å²) in [5.41, 5.74) is 2.34. The number of aliphatic hydroxyl groups excluding tert-OH is 1. The van der Waals surface area contributed by atoms with Crippen LogP contribution in [0.2, 0.25) is 0 Å². The van der Waals surface area contributed by atoms with Crippen LogP contribution in [0.5, 0.6) is 0 Å². The Hall–Kier alpha value is -0.390. The molecule has 0 aromatic carbocycles. The van der Waals surface area contributed by atoms with E-state index in [4.69, 9.17) is 5.11 Å². The average molecular weight is 316 g/mol. The number of aliphatic hydroxyl groups is 1. The summed E-state index contributed by atoms with van der Waals surface area (Å²) in [6.45, 7) is 8.52. The Bertz CT molecular complexity index is 397. The normalized spacial score (nSPS) is 18.4. The molecule has 1 aliphatic rings. The average Bonchev–Trinajstić information content (AvgIpc) is 2.67. The Kier molecular flexibility index (Phi) is 4.81. The van der Waals surface area contributed by atoms with E-state index >= 15 is 0 Å². The summed E-state index contributed by atoms with van der Waals surface area (Å²) >= 11 is 3.64. The largest absolute Gasteiger partial charge is 0.396 e. The van der Waals surface area contributed by atoms with Gasteiger partial charge in [0.05, 0.1) is 15.9 Å². The molecule has 0 saturated carbocycles. The molecule has 1 saturated heterocycles. The van der Waals surface area contributed by atoms with Crippen molar-refractivity contribution in [1.29, 1.82) is 0 Å². The lowest BCUT2D eigenvalue weighted by Crippen LogP contribution is -2.35. The van der Waals surface area contributed by atoms with E-state index in [9.17, 15) is 0 Å². The van der Waals surface area contributed by atoms with Crippen LogP contribution < -0.4 is 0 Å². The van der Waals surface area contributed by atoms with Crippen LogP contribution in [0.15, 0.2) is 4.47 Å². The van der Waals surface area contributed by atoms with Crippen molar-refractivity contribution in [3.8, 4) is 0 Å². The van der Waals surface area contributed by atoms with Gasteiger partial charge < -0.3 is 5.11 Å². The van der Waals surface area contributed by atoms with Crippen LogP contribution in [0, 0.1) is 12.8 Å². The molecule has 0 amide bonds. The summed E-state index contributed by atoms with van der Waals surface area (Å²) in [6.07, 6.45) is 2.21. The lowest BCUT2D eigenvalue weighted by atomic mass is 9.98. The maximum absolute atomic E-state index is 9.16. The van der Waals surface area contributed by atoms with E-state index in [2.05, 4.69) is 37.5 Å². The minimum Gasteiger partial charge on any atom is -0.396 e. The topological polar surface area (TPSA) is 41.3 Å². The molecule has 1 fully saturated rings. The number of aromatic nitrogens is 2. The highest BCUT2D eigenvalue weighted by molar-refractivity contribution is 9.10. The lowest BCUT2D eigenvalue weighted by Gasteiger charge is -2.31. The van der Waals surface area contributed by atoms with Crippen LogP contribution in [0.4, 0.5) is 0 Å². The first-order valence-electron chi connectivity index (χ1n) is 6.70. The smallest absolute Gasteiger partial charge is 0.0739 e. The molecular formula is C13H22BrN3O. The molecule has 1 aromatic rings. The second kappa shape index (κ2) is 6.17. The highest BCUT2D eigenvalue weighted by Crippen LogP contribution is 2.24. The standard InChI is InChI=1S/C13H22BrN3O/c1-3-17-12(13(14)10(2)15-17)8-16-6-4-11(9-18)5-7-16/h11,18H,3-9H2,1-2H3. The molecule has 1 N–H and O–H groups in total. The van der Waals surface area contributed by atoms with Crippen molar-refractivity contribution in [1.82, 2.24) is 14.7 Å². The van der Waals surface area contributed by atoms with E-state index in [1.165, 1.54) is 5.69 Å². The quantitative estimate of drug-likeness (QED) is 0.926. The molecule has 2 rings (SSSR count). The van der Waals surface area contributed by atoms with Gasteiger partial charge in [-0.15, -0.1) is 0 Å². The third-order valence-corrected chi connectivity index (χ3v) is 4.82. The van der Waals surface area contributed by atoms with Gasteiger partial charge in [-0.05, 0) is 61.6 Å². The highest BCUT2D eigenvalue weighted by atomic mass is 79.9. The zero-order valence-corrected chi connectivity index (χ0v) is 12.8. The van der Waals surface area contributed by atoms with Crippen LogP contribution in [0.25, 0.3) is 0 Å². The Balaban J connectivity index is 2.02. The van der Waals surface area contributed by atoms with E-state index in [0.29, 0.717) is 12.5 Å². The van der Waals surface area contributed by atoms with Crippen LogP contribution in [-0.4, -0.2) is 39.5 Å². The summed E-state index contributed by atoms with van der Waals surface area (Å²) in [7, 11) is 0. The van der Waals surface area contributed by atoms with Crippen molar-refractivity contribution >= 4 is 15.9 Å². The van der Waals surface area contributed by atoms with Crippen LogP contribution in [-0.2, 0) is 13.1 Å². The van der Waals surface area contributed by atoms with E-state index in [0.717, 1.165) is 49.2 Å². The number of likely N-dealkylation sites (tertiary alicyclic amines) is 1. The first kappa shape index (κ1) is 14.0. The van der Waals surface area contributed by atoms with Gasteiger partial charge in [-0.2, -0.15) is 5.10 Å². The summed E-state index contributed by atoms with van der Waals surface area (Å²) < 4.78 is 3.23. The van der Waals surface area contributed by atoms with Crippen LogP contribution >= 0.6 is 15.9 Å². The minimum atomic E-state index is 0.337. The Labute approximate surface area is 117 Å². The Morgan fingerprint density at radius 2 is 2.06 bits per heavy atom. The van der Waals surface area contributed by atoms with Crippen LogP contribution in [0.3, 0.4) is 0 Å². The van der Waals surface area contributed by atoms with Crippen molar-refractivity contribution in [3.63, 3.8) is 0 Å². The molecule has 102 valence electrons. The number of hydrogen-bond donors (Lipinski definition) is 1. The van der Waals surface area contributed by atoms with Gasteiger partial charge in [-0.1, -0.05) is 0 Å². The molecule has 0 radical (unpaired) electrons. The first-order valence-corrected chi connectivity index (χ1v) is 7.50. The molecule has 1 aromatic heterocycles. The number of aryl methyl sites for hydroxylation is 2. The summed E-state index contributed by atoms with van der Waals surface area (Å²) in [5, 5.41) is 13.7. The zero-order valence-electron chi connectivity index (χ0n) is 11.2. The van der Waals surface area contributed by atoms with Gasteiger partial charge in [0.15, 0.2) is 0 Å². The van der Waals surface area contributed by atoms with Crippen molar-refractivity contribution in [2.75, 3.05) is 19.7 Å². The molecule has 4 nitrogen and oxygen atoms in total. The summed E-state index contributed by atoms with van der Waals surface area (Å²) in [4.78, 5) is 2.46. The fourth-order valence-electron chi connectivity index (χ4n) is 2.56. The molecule has 5 heteroatoms. The van der Waals surface area contributed by atoms with Gasteiger partial charge in [-0.3, -0.25) is 9.58 Å². The first-order chi connectivity index (χ1) is 8.65. The van der Waals surface area contributed by atoms with Gasteiger partial charge in [0.2, 0.25) is 0 Å². The number of halogens is 1. The number of rotatable bonds is 4. The van der Waals surface area contributed by atoms with Gasteiger partial charge in [0.25, 0.3) is 0 Å². The molecule has 1 aliphatic heterocycles. The van der Waals surface area contributed by atoms with Crippen LogP contribution in [0.1, 0.15) is 31.2 Å².